The molecular weight excluding hydrogens is 512 g/mol. The Hall–Kier alpha value is -4.27. The van der Waals surface area contributed by atoms with Crippen LogP contribution in [0.2, 0.25) is 0 Å². The number of unbranched alkanes of at least 4 members (excludes halogenated alkanes) is 1. The molecule has 2 fully saturated rings. The number of nitrogens with zero attached hydrogens (tertiary/aromatic N) is 1. The second-order valence-corrected chi connectivity index (χ2v) is 10.5. The number of carbonyl (C=O) groups is 5. The summed E-state index contributed by atoms with van der Waals surface area (Å²) in [5, 5.41) is 2.62. The molecule has 3 aliphatic rings. The summed E-state index contributed by atoms with van der Waals surface area (Å²) in [6.45, 7) is 1.75. The Morgan fingerprint density at radius 1 is 0.925 bits per heavy atom. The number of rotatable bonds is 11. The van der Waals surface area contributed by atoms with E-state index < -0.39 is 42.3 Å². The maximum absolute atomic E-state index is 13.4. The molecule has 208 valence electrons. The van der Waals surface area contributed by atoms with Gasteiger partial charge in [0.05, 0.1) is 24.0 Å². The van der Waals surface area contributed by atoms with Crippen LogP contribution in [0.15, 0.2) is 66.7 Å². The molecule has 0 spiro atoms. The van der Waals surface area contributed by atoms with Crippen molar-refractivity contribution < 1.29 is 33.4 Å². The zero-order valence-electron chi connectivity index (χ0n) is 22.3. The zero-order chi connectivity index (χ0) is 28.2. The molecule has 5 atom stereocenters. The number of amides is 3. The van der Waals surface area contributed by atoms with Gasteiger partial charge in [0, 0.05) is 12.1 Å². The Morgan fingerprint density at radius 3 is 2.20 bits per heavy atom. The summed E-state index contributed by atoms with van der Waals surface area (Å²) >= 11 is 0. The monoisotopic (exact) mass is 544 g/mol. The highest BCUT2D eigenvalue weighted by Gasteiger charge is 2.61. The van der Waals surface area contributed by atoms with E-state index in [9.17, 15) is 24.0 Å². The maximum Gasteiger partial charge on any atom is 0.338 e. The number of fused-ring (bicyclic) bond motifs is 5. The predicted molar refractivity (Wildman–Crippen MR) is 145 cm³/mol. The molecule has 3 amide bonds. The van der Waals surface area contributed by atoms with Crippen LogP contribution < -0.4 is 5.32 Å². The third-order valence-electron chi connectivity index (χ3n) is 7.84. The first-order valence-corrected chi connectivity index (χ1v) is 13.7. The minimum Gasteiger partial charge on any atom is -0.462 e. The lowest BCUT2D eigenvalue weighted by atomic mass is 9.85. The molecule has 2 aromatic carbocycles. The summed E-state index contributed by atoms with van der Waals surface area (Å²) in [5.74, 6) is -3.39. The summed E-state index contributed by atoms with van der Waals surface area (Å²) in [6.07, 6.45) is 6.57. The average molecular weight is 545 g/mol. The molecule has 1 saturated carbocycles. The van der Waals surface area contributed by atoms with Crippen molar-refractivity contribution in [1.29, 1.82) is 0 Å². The molecule has 1 aliphatic heterocycles. The third-order valence-corrected chi connectivity index (χ3v) is 7.84. The largest absolute Gasteiger partial charge is 0.462 e. The van der Waals surface area contributed by atoms with E-state index in [2.05, 4.69) is 5.32 Å². The summed E-state index contributed by atoms with van der Waals surface area (Å²) in [5.41, 5.74) is 1.53. The van der Waals surface area contributed by atoms with Gasteiger partial charge in [0.25, 0.3) is 5.91 Å². The van der Waals surface area contributed by atoms with E-state index in [1.54, 1.807) is 12.1 Å². The number of imide groups is 1. The fourth-order valence-corrected chi connectivity index (χ4v) is 5.86. The lowest BCUT2D eigenvalue weighted by molar-refractivity contribution is -0.160. The highest BCUT2D eigenvalue weighted by Crippen LogP contribution is 2.53. The van der Waals surface area contributed by atoms with Crippen LogP contribution >= 0.6 is 0 Å². The Kier molecular flexibility index (Phi) is 8.09. The molecule has 1 heterocycles. The fraction of sp³-hybridized carbons (Fsp3) is 0.387. The number of anilines is 1. The van der Waals surface area contributed by atoms with Crippen molar-refractivity contribution in [3.8, 4) is 0 Å². The van der Waals surface area contributed by atoms with Crippen LogP contribution in [0.5, 0.6) is 0 Å². The first-order chi connectivity index (χ1) is 19.4. The van der Waals surface area contributed by atoms with E-state index in [0.717, 1.165) is 29.7 Å². The van der Waals surface area contributed by atoms with E-state index in [1.165, 1.54) is 12.1 Å². The molecule has 0 unspecified atom stereocenters. The fourth-order valence-electron chi connectivity index (χ4n) is 5.86. The van der Waals surface area contributed by atoms with E-state index in [4.69, 9.17) is 9.47 Å². The summed E-state index contributed by atoms with van der Waals surface area (Å²) in [7, 11) is 0. The number of nitrogens with one attached hydrogen (secondary N) is 1. The Balaban J connectivity index is 1.22. The van der Waals surface area contributed by atoms with Crippen molar-refractivity contribution in [2.75, 3.05) is 18.5 Å². The van der Waals surface area contributed by atoms with Gasteiger partial charge in [-0.3, -0.25) is 19.3 Å². The van der Waals surface area contributed by atoms with Crippen molar-refractivity contribution in [2.24, 2.45) is 23.7 Å². The van der Waals surface area contributed by atoms with Crippen LogP contribution in [-0.4, -0.2) is 53.8 Å². The molecule has 1 saturated heterocycles. The number of allylic oxidation sites excluding steroid dienone is 2. The van der Waals surface area contributed by atoms with E-state index in [0.29, 0.717) is 17.9 Å². The van der Waals surface area contributed by atoms with E-state index >= 15 is 0 Å². The summed E-state index contributed by atoms with van der Waals surface area (Å²) in [4.78, 5) is 65.8. The lowest BCUT2D eigenvalue weighted by Gasteiger charge is -2.26. The number of likely N-dealkylation sites (tertiary alicyclic amines) is 1. The predicted octanol–water partition coefficient (Wildman–Crippen LogP) is 3.54. The number of ether oxygens (including phenoxy) is 2. The molecule has 40 heavy (non-hydrogen) atoms. The molecular formula is C31H32N2O7. The molecule has 9 nitrogen and oxygen atoms in total. The molecule has 2 aromatic rings. The Labute approximate surface area is 232 Å². The minimum absolute atomic E-state index is 0.0141. The number of carbonyl (C=O) groups excluding carboxylic acids is 5. The second kappa shape index (κ2) is 11.9. The molecule has 0 aromatic heterocycles. The zero-order valence-corrected chi connectivity index (χ0v) is 22.3. The van der Waals surface area contributed by atoms with Gasteiger partial charge in [-0.05, 0) is 54.5 Å². The SMILES string of the molecule is CCCCOC(=O)c1ccc(NC(=O)COC(=O)[C@H](Cc2ccccc2)N2C(=O)[C@@H]3[C@@H](C2=O)[C@H]2C=C[C@H]3C2)cc1. The van der Waals surface area contributed by atoms with Crippen molar-refractivity contribution in [1.82, 2.24) is 4.90 Å². The second-order valence-electron chi connectivity index (χ2n) is 10.5. The molecule has 5 rings (SSSR count). The number of benzene rings is 2. The molecule has 0 radical (unpaired) electrons. The van der Waals surface area contributed by atoms with Crippen molar-refractivity contribution >= 4 is 35.3 Å². The van der Waals surface area contributed by atoms with Gasteiger partial charge in [-0.1, -0.05) is 55.8 Å². The lowest BCUT2D eigenvalue weighted by Crippen LogP contribution is -2.48. The summed E-state index contributed by atoms with van der Waals surface area (Å²) in [6, 6.07) is 14.1. The van der Waals surface area contributed by atoms with Gasteiger partial charge in [0.2, 0.25) is 11.8 Å². The number of esters is 2. The van der Waals surface area contributed by atoms with Crippen LogP contribution in [0.4, 0.5) is 5.69 Å². The van der Waals surface area contributed by atoms with E-state index in [-0.39, 0.29) is 30.1 Å². The topological polar surface area (TPSA) is 119 Å². The van der Waals surface area contributed by atoms with Crippen molar-refractivity contribution in [3.63, 3.8) is 0 Å². The van der Waals surface area contributed by atoms with Crippen LogP contribution in [0.25, 0.3) is 0 Å². The minimum atomic E-state index is -1.17. The van der Waals surface area contributed by atoms with Crippen LogP contribution in [0.3, 0.4) is 0 Å². The molecule has 2 bridgehead atoms. The van der Waals surface area contributed by atoms with Gasteiger partial charge in [0.1, 0.15) is 6.04 Å². The Morgan fingerprint density at radius 2 is 1.57 bits per heavy atom. The van der Waals surface area contributed by atoms with Gasteiger partial charge in [0.15, 0.2) is 6.61 Å². The van der Waals surface area contributed by atoms with Crippen molar-refractivity contribution in [2.45, 2.75) is 38.6 Å². The first-order valence-electron chi connectivity index (χ1n) is 13.7. The van der Waals surface area contributed by atoms with Gasteiger partial charge >= 0.3 is 11.9 Å². The van der Waals surface area contributed by atoms with Crippen molar-refractivity contribution in [3.05, 3.63) is 77.9 Å². The highest BCUT2D eigenvalue weighted by atomic mass is 16.5. The average Bonchev–Trinajstić information content (AvgIpc) is 3.65. The first kappa shape index (κ1) is 27.3. The normalized spacial score (nSPS) is 23.2. The van der Waals surface area contributed by atoms with Crippen LogP contribution in [0, 0.1) is 23.7 Å². The van der Waals surface area contributed by atoms with Crippen LogP contribution in [-0.2, 0) is 35.1 Å². The standard InChI is InChI=1S/C31H32N2O7/c1-2-3-15-39-30(37)20-11-13-23(14-12-20)32-25(34)18-40-31(38)24(16-19-7-5-4-6-8-19)33-28(35)26-21-9-10-22(17-21)27(26)29(33)36/h4-14,21-22,24,26-27H,2-3,15-18H2,1H3,(H,32,34)/t21-,22-,24-,26-,27-/m0/s1. The van der Waals surface area contributed by atoms with E-state index in [1.807, 2.05) is 49.4 Å². The van der Waals surface area contributed by atoms with Gasteiger partial charge < -0.3 is 14.8 Å². The highest BCUT2D eigenvalue weighted by molar-refractivity contribution is 6.09. The number of hydrogen-bond acceptors (Lipinski definition) is 7. The quantitative estimate of drug-likeness (QED) is 0.199. The van der Waals surface area contributed by atoms with Crippen LogP contribution in [0.1, 0.15) is 42.1 Å². The molecule has 1 N–H and O–H groups in total. The Bertz CT molecular complexity index is 1290. The van der Waals surface area contributed by atoms with Gasteiger partial charge in [-0.25, -0.2) is 9.59 Å². The summed E-state index contributed by atoms with van der Waals surface area (Å²) < 4.78 is 10.5. The molecule has 2 aliphatic carbocycles. The third kappa shape index (κ3) is 5.54. The van der Waals surface area contributed by atoms with Gasteiger partial charge in [-0.2, -0.15) is 0 Å². The van der Waals surface area contributed by atoms with Gasteiger partial charge in [-0.15, -0.1) is 0 Å². The number of hydrogen-bond donors (Lipinski definition) is 1. The smallest absolute Gasteiger partial charge is 0.338 e. The molecule has 9 heteroatoms. The maximum atomic E-state index is 13.4.